The maximum Gasteiger partial charge on any atom is 0.142 e. The summed E-state index contributed by atoms with van der Waals surface area (Å²) in [5.74, 6) is 1.96. The number of hydrogen-bond acceptors (Lipinski definition) is 4. The van der Waals surface area contributed by atoms with Crippen LogP contribution in [0.2, 0.25) is 0 Å². The van der Waals surface area contributed by atoms with Crippen LogP contribution in [-0.2, 0) is 6.42 Å². The molecule has 1 aliphatic rings. The molecule has 0 radical (unpaired) electrons. The fourth-order valence-electron chi connectivity index (χ4n) is 4.80. The summed E-state index contributed by atoms with van der Waals surface area (Å²) in [6.07, 6.45) is 2.65. The number of para-hydroxylation sites is 2. The molecule has 4 heteroatoms. The number of anilines is 2. The Morgan fingerprint density at radius 2 is 1.48 bits per heavy atom. The largest absolute Gasteiger partial charge is 0.491 e. The minimum atomic E-state index is 0.497. The van der Waals surface area contributed by atoms with E-state index in [1.165, 1.54) is 28.1 Å². The van der Waals surface area contributed by atoms with E-state index in [2.05, 4.69) is 91.9 Å². The van der Waals surface area contributed by atoms with Gasteiger partial charge in [-0.1, -0.05) is 64.1 Å². The summed E-state index contributed by atoms with van der Waals surface area (Å²) in [4.78, 5) is 9.46. The predicted octanol–water partition coefficient (Wildman–Crippen LogP) is 6.54. The summed E-state index contributed by atoms with van der Waals surface area (Å²) in [6.45, 7) is 14.9. The van der Waals surface area contributed by atoms with Gasteiger partial charge in [0.2, 0.25) is 0 Å². The van der Waals surface area contributed by atoms with Crippen LogP contribution >= 0.6 is 0 Å². The molecule has 0 aliphatic carbocycles. The monoisotopic (exact) mass is 443 g/mol. The van der Waals surface area contributed by atoms with Crippen molar-refractivity contribution in [2.24, 2.45) is 0 Å². The van der Waals surface area contributed by atoms with Crippen molar-refractivity contribution >= 4 is 11.4 Å². The molecule has 0 saturated carbocycles. The van der Waals surface area contributed by atoms with Gasteiger partial charge in [0.25, 0.3) is 0 Å². The third kappa shape index (κ3) is 5.16. The standard InChI is InChI=1S/C29H37N3O/c1-21(2)25-12-9-13-26(22(3)4)29(25)32-18-17-31(20-32)28-23(5)10-8-14-27(28)33-19-15-24-11-6-7-16-30-24/h6-14,16,21-22H,15,17-20H2,1-5H3. The van der Waals surface area contributed by atoms with Crippen molar-refractivity contribution in [3.05, 3.63) is 83.2 Å². The number of benzene rings is 2. The van der Waals surface area contributed by atoms with E-state index in [-0.39, 0.29) is 0 Å². The van der Waals surface area contributed by atoms with Gasteiger partial charge in [-0.05, 0) is 53.6 Å². The van der Waals surface area contributed by atoms with E-state index in [9.17, 15) is 0 Å². The second-order valence-corrected chi connectivity index (χ2v) is 9.60. The second kappa shape index (κ2) is 10.3. The molecule has 1 fully saturated rings. The SMILES string of the molecule is Cc1cccc(OCCc2ccccn2)c1N1CCN(c2c(C(C)C)cccc2C(C)C)C1. The van der Waals surface area contributed by atoms with Gasteiger partial charge in [0.1, 0.15) is 5.75 Å². The van der Waals surface area contributed by atoms with Crippen molar-refractivity contribution < 1.29 is 4.74 Å². The molecule has 0 unspecified atom stereocenters. The Morgan fingerprint density at radius 1 is 0.818 bits per heavy atom. The van der Waals surface area contributed by atoms with Crippen molar-refractivity contribution in [3.63, 3.8) is 0 Å². The Bertz CT molecular complexity index is 1040. The minimum Gasteiger partial charge on any atom is -0.491 e. The van der Waals surface area contributed by atoms with Gasteiger partial charge in [-0.3, -0.25) is 4.98 Å². The summed E-state index contributed by atoms with van der Waals surface area (Å²) in [5.41, 5.74) is 7.85. The quantitative estimate of drug-likeness (QED) is 0.395. The molecule has 0 spiro atoms. The zero-order valence-corrected chi connectivity index (χ0v) is 20.7. The highest BCUT2D eigenvalue weighted by molar-refractivity contribution is 5.68. The van der Waals surface area contributed by atoms with E-state index >= 15 is 0 Å². The summed E-state index contributed by atoms with van der Waals surface area (Å²) in [7, 11) is 0. The number of pyridine rings is 1. The number of hydrogen-bond donors (Lipinski definition) is 0. The van der Waals surface area contributed by atoms with Gasteiger partial charge >= 0.3 is 0 Å². The van der Waals surface area contributed by atoms with E-state index in [1.807, 2.05) is 18.3 Å². The van der Waals surface area contributed by atoms with Crippen molar-refractivity contribution in [2.45, 2.75) is 52.9 Å². The highest BCUT2D eigenvalue weighted by Crippen LogP contribution is 2.39. The molecule has 0 amide bonds. The third-order valence-electron chi connectivity index (χ3n) is 6.50. The molecule has 1 saturated heterocycles. The molecule has 0 atom stereocenters. The molecule has 0 bridgehead atoms. The zero-order chi connectivity index (χ0) is 23.4. The first-order chi connectivity index (χ1) is 16.0. The number of aryl methyl sites for hydroxylation is 1. The molecular formula is C29H37N3O. The van der Waals surface area contributed by atoms with Crippen LogP contribution in [0.4, 0.5) is 11.4 Å². The highest BCUT2D eigenvalue weighted by Gasteiger charge is 2.28. The van der Waals surface area contributed by atoms with Gasteiger partial charge in [0, 0.05) is 37.1 Å². The number of rotatable bonds is 8. The first-order valence-corrected chi connectivity index (χ1v) is 12.2. The third-order valence-corrected chi connectivity index (χ3v) is 6.50. The Morgan fingerprint density at radius 3 is 2.12 bits per heavy atom. The van der Waals surface area contributed by atoms with Crippen molar-refractivity contribution in [3.8, 4) is 5.75 Å². The fraction of sp³-hybridized carbons (Fsp3) is 0.414. The normalized spacial score (nSPS) is 13.9. The van der Waals surface area contributed by atoms with Crippen LogP contribution in [0.1, 0.15) is 61.9 Å². The fourth-order valence-corrected chi connectivity index (χ4v) is 4.80. The molecule has 1 aromatic heterocycles. The van der Waals surface area contributed by atoms with Gasteiger partial charge in [0.05, 0.1) is 19.0 Å². The molecule has 2 aromatic carbocycles. The summed E-state index contributed by atoms with van der Waals surface area (Å²) < 4.78 is 6.30. The van der Waals surface area contributed by atoms with Gasteiger partial charge in [-0.25, -0.2) is 0 Å². The average molecular weight is 444 g/mol. The van der Waals surface area contributed by atoms with Gasteiger partial charge in [0.15, 0.2) is 0 Å². The van der Waals surface area contributed by atoms with E-state index < -0.39 is 0 Å². The van der Waals surface area contributed by atoms with Crippen molar-refractivity contribution in [1.82, 2.24) is 4.98 Å². The van der Waals surface area contributed by atoms with Crippen LogP contribution in [0.5, 0.6) is 5.75 Å². The summed E-state index contributed by atoms with van der Waals surface area (Å²) in [5, 5.41) is 0. The lowest BCUT2D eigenvalue weighted by Gasteiger charge is -2.29. The van der Waals surface area contributed by atoms with Crippen LogP contribution in [0, 0.1) is 6.92 Å². The van der Waals surface area contributed by atoms with E-state index in [1.54, 1.807) is 0 Å². The smallest absolute Gasteiger partial charge is 0.142 e. The lowest BCUT2D eigenvalue weighted by atomic mass is 9.92. The van der Waals surface area contributed by atoms with Crippen molar-refractivity contribution in [2.75, 3.05) is 36.2 Å². The number of aromatic nitrogens is 1. The molecule has 33 heavy (non-hydrogen) atoms. The molecule has 0 N–H and O–H groups in total. The molecule has 4 nitrogen and oxygen atoms in total. The Balaban J connectivity index is 1.55. The van der Waals surface area contributed by atoms with Gasteiger partial charge in [-0.2, -0.15) is 0 Å². The molecule has 1 aliphatic heterocycles. The van der Waals surface area contributed by atoms with Gasteiger partial charge in [-0.15, -0.1) is 0 Å². The molecule has 4 rings (SSSR count). The molecule has 2 heterocycles. The van der Waals surface area contributed by atoms with E-state index in [4.69, 9.17) is 4.74 Å². The van der Waals surface area contributed by atoms with Crippen molar-refractivity contribution in [1.29, 1.82) is 0 Å². The second-order valence-electron chi connectivity index (χ2n) is 9.60. The lowest BCUT2D eigenvalue weighted by Crippen LogP contribution is -2.27. The number of nitrogens with zero attached hydrogens (tertiary/aromatic N) is 3. The van der Waals surface area contributed by atoms with Crippen LogP contribution in [0.15, 0.2) is 60.8 Å². The average Bonchev–Trinajstić information content (AvgIpc) is 3.28. The van der Waals surface area contributed by atoms with E-state index in [0.717, 1.165) is 37.6 Å². The van der Waals surface area contributed by atoms with Crippen LogP contribution < -0.4 is 14.5 Å². The first-order valence-electron chi connectivity index (χ1n) is 12.2. The first kappa shape index (κ1) is 23.2. The maximum absolute atomic E-state index is 6.30. The molecule has 3 aromatic rings. The van der Waals surface area contributed by atoms with Crippen LogP contribution in [-0.4, -0.2) is 31.3 Å². The van der Waals surface area contributed by atoms with Gasteiger partial charge < -0.3 is 14.5 Å². The number of ether oxygens (including phenoxy) is 1. The Hall–Kier alpha value is -3.01. The summed E-state index contributed by atoms with van der Waals surface area (Å²) in [6, 6.07) is 19.2. The zero-order valence-electron chi connectivity index (χ0n) is 20.7. The Kier molecular flexibility index (Phi) is 7.22. The molecular weight excluding hydrogens is 406 g/mol. The lowest BCUT2D eigenvalue weighted by molar-refractivity contribution is 0.321. The Labute approximate surface area is 199 Å². The highest BCUT2D eigenvalue weighted by atomic mass is 16.5. The molecule has 174 valence electrons. The topological polar surface area (TPSA) is 28.6 Å². The van der Waals surface area contributed by atoms with Crippen LogP contribution in [0.25, 0.3) is 0 Å². The maximum atomic E-state index is 6.30. The van der Waals surface area contributed by atoms with E-state index in [0.29, 0.717) is 18.4 Å². The van der Waals surface area contributed by atoms with Crippen LogP contribution in [0.3, 0.4) is 0 Å². The predicted molar refractivity (Wildman–Crippen MR) is 139 cm³/mol. The minimum absolute atomic E-state index is 0.497. The summed E-state index contributed by atoms with van der Waals surface area (Å²) >= 11 is 0.